The molecule has 0 heterocycles. The molecule has 27 heavy (non-hydrogen) atoms. The van der Waals surface area contributed by atoms with Gasteiger partial charge in [0.15, 0.2) is 0 Å². The minimum absolute atomic E-state index is 0.0143. The molecule has 0 spiro atoms. The molecule has 2 aromatic carbocycles. The summed E-state index contributed by atoms with van der Waals surface area (Å²) in [5.74, 6) is 1.58. The van der Waals surface area contributed by atoms with Gasteiger partial charge in [0.2, 0.25) is 10.0 Å². The zero-order valence-corrected chi connectivity index (χ0v) is 15.7. The number of aryl methyl sites for hydroxylation is 1. The van der Waals surface area contributed by atoms with Crippen molar-refractivity contribution in [1.82, 2.24) is 10.0 Å². The van der Waals surface area contributed by atoms with E-state index < -0.39 is 15.9 Å². The number of rotatable bonds is 6. The van der Waals surface area contributed by atoms with Gasteiger partial charge in [-0.3, -0.25) is 9.59 Å². The first-order valence-corrected chi connectivity index (χ1v) is 9.44. The molecule has 0 saturated carbocycles. The van der Waals surface area contributed by atoms with Crippen molar-refractivity contribution < 1.29 is 18.0 Å². The minimum atomic E-state index is -3.71. The summed E-state index contributed by atoms with van der Waals surface area (Å²) in [5.41, 5.74) is 2.06. The normalized spacial score (nSPS) is 10.7. The van der Waals surface area contributed by atoms with Crippen LogP contribution in [0.3, 0.4) is 0 Å². The summed E-state index contributed by atoms with van der Waals surface area (Å²) < 4.78 is 26.2. The number of amides is 2. The van der Waals surface area contributed by atoms with Gasteiger partial charge in [-0.05, 0) is 55.0 Å². The maximum Gasteiger partial charge on any atom is 0.255 e. The highest BCUT2D eigenvalue weighted by Gasteiger charge is 2.15. The van der Waals surface area contributed by atoms with Gasteiger partial charge in [0.1, 0.15) is 0 Å². The maximum absolute atomic E-state index is 12.4. The molecule has 2 rings (SSSR count). The maximum atomic E-state index is 12.4. The number of hydrogen-bond donors (Lipinski definition) is 3. The van der Waals surface area contributed by atoms with Gasteiger partial charge in [0, 0.05) is 23.9 Å². The van der Waals surface area contributed by atoms with Crippen molar-refractivity contribution in [3.63, 3.8) is 0 Å². The van der Waals surface area contributed by atoms with Gasteiger partial charge in [-0.2, -0.15) is 4.72 Å². The Labute approximate surface area is 158 Å². The molecule has 0 bridgehead atoms. The van der Waals surface area contributed by atoms with Crippen molar-refractivity contribution in [2.45, 2.75) is 11.8 Å². The van der Waals surface area contributed by atoms with E-state index in [0.717, 1.165) is 5.56 Å². The summed E-state index contributed by atoms with van der Waals surface area (Å²) >= 11 is 0. The Morgan fingerprint density at radius 1 is 1.04 bits per heavy atom. The van der Waals surface area contributed by atoms with Crippen molar-refractivity contribution >= 4 is 27.5 Å². The molecule has 2 amide bonds. The van der Waals surface area contributed by atoms with Crippen LogP contribution in [0.2, 0.25) is 0 Å². The van der Waals surface area contributed by atoms with Gasteiger partial charge in [0.05, 0.1) is 11.4 Å². The van der Waals surface area contributed by atoms with E-state index in [1.165, 1.54) is 24.3 Å². The molecule has 0 radical (unpaired) electrons. The second-order valence-electron chi connectivity index (χ2n) is 5.62. The van der Waals surface area contributed by atoms with Crippen molar-refractivity contribution in [2.24, 2.45) is 0 Å². The molecule has 0 aliphatic heterocycles. The predicted molar refractivity (Wildman–Crippen MR) is 103 cm³/mol. The molecule has 0 unspecified atom stereocenters. The van der Waals surface area contributed by atoms with Crippen molar-refractivity contribution in [3.8, 4) is 12.3 Å². The number of benzene rings is 2. The van der Waals surface area contributed by atoms with Gasteiger partial charge in [-0.25, -0.2) is 8.42 Å². The van der Waals surface area contributed by atoms with E-state index in [9.17, 15) is 18.0 Å². The van der Waals surface area contributed by atoms with Gasteiger partial charge < -0.3 is 10.6 Å². The quantitative estimate of drug-likeness (QED) is 0.656. The third-order valence-electron chi connectivity index (χ3n) is 3.75. The van der Waals surface area contributed by atoms with E-state index >= 15 is 0 Å². The number of terminal acetylenes is 1. The van der Waals surface area contributed by atoms with Gasteiger partial charge in [-0.1, -0.05) is 5.92 Å². The van der Waals surface area contributed by atoms with Crippen LogP contribution in [0.5, 0.6) is 0 Å². The number of sulfonamides is 1. The van der Waals surface area contributed by atoms with Crippen LogP contribution >= 0.6 is 0 Å². The SMILES string of the molecule is C#CCNS(=O)(=O)c1ccc(C(=O)Nc2ccc(C(=O)NC)cc2C)cc1. The monoisotopic (exact) mass is 385 g/mol. The van der Waals surface area contributed by atoms with Gasteiger partial charge in [-0.15, -0.1) is 6.42 Å². The van der Waals surface area contributed by atoms with Crippen LogP contribution in [0.4, 0.5) is 5.69 Å². The molecule has 0 aliphatic rings. The standard InChI is InChI=1S/C19H19N3O4S/c1-4-11-21-27(25,26)16-8-5-14(6-9-16)19(24)22-17-10-7-15(12-13(17)2)18(23)20-3/h1,5-10,12,21H,11H2,2-3H3,(H,20,23)(H,22,24). The molecule has 8 heteroatoms. The highest BCUT2D eigenvalue weighted by atomic mass is 32.2. The van der Waals surface area contributed by atoms with Crippen LogP contribution in [-0.2, 0) is 10.0 Å². The van der Waals surface area contributed by atoms with Crippen molar-refractivity contribution in [3.05, 3.63) is 59.2 Å². The zero-order chi connectivity index (χ0) is 20.0. The summed E-state index contributed by atoms with van der Waals surface area (Å²) in [5, 5.41) is 5.27. The van der Waals surface area contributed by atoms with E-state index in [2.05, 4.69) is 21.3 Å². The molecule has 3 N–H and O–H groups in total. The Bertz CT molecular complexity index is 1010. The van der Waals surface area contributed by atoms with Crippen LogP contribution < -0.4 is 15.4 Å². The van der Waals surface area contributed by atoms with Crippen LogP contribution in [0, 0.1) is 19.3 Å². The van der Waals surface area contributed by atoms with E-state index in [0.29, 0.717) is 16.8 Å². The largest absolute Gasteiger partial charge is 0.355 e. The Hall–Kier alpha value is -3.15. The molecular weight excluding hydrogens is 366 g/mol. The summed E-state index contributed by atoms with van der Waals surface area (Å²) in [6.07, 6.45) is 5.04. The van der Waals surface area contributed by atoms with Crippen molar-refractivity contribution in [1.29, 1.82) is 0 Å². The fourth-order valence-electron chi connectivity index (χ4n) is 2.29. The number of nitrogens with one attached hydrogen (secondary N) is 3. The third-order valence-corrected chi connectivity index (χ3v) is 5.17. The Kier molecular flexibility index (Phi) is 6.34. The molecule has 0 aliphatic carbocycles. The first kappa shape index (κ1) is 20.2. The Morgan fingerprint density at radius 3 is 2.22 bits per heavy atom. The summed E-state index contributed by atoms with van der Waals surface area (Å²) in [7, 11) is -2.17. The molecule has 0 atom stereocenters. The van der Waals surface area contributed by atoms with Crippen LogP contribution in [-0.4, -0.2) is 33.8 Å². The Morgan fingerprint density at radius 2 is 1.67 bits per heavy atom. The zero-order valence-electron chi connectivity index (χ0n) is 14.9. The highest BCUT2D eigenvalue weighted by Crippen LogP contribution is 2.18. The van der Waals surface area contributed by atoms with E-state index in [-0.39, 0.29) is 17.3 Å². The lowest BCUT2D eigenvalue weighted by molar-refractivity contribution is 0.0962. The second-order valence-corrected chi connectivity index (χ2v) is 7.38. The second kappa shape index (κ2) is 8.49. The summed E-state index contributed by atoms with van der Waals surface area (Å²) in [6, 6.07) is 10.4. The first-order chi connectivity index (χ1) is 12.8. The molecule has 0 fully saturated rings. The lowest BCUT2D eigenvalue weighted by atomic mass is 10.1. The van der Waals surface area contributed by atoms with Gasteiger partial charge in [0.25, 0.3) is 11.8 Å². The predicted octanol–water partition coefficient (Wildman–Crippen LogP) is 1.52. The molecule has 0 aromatic heterocycles. The van der Waals surface area contributed by atoms with Crippen LogP contribution in [0.25, 0.3) is 0 Å². The van der Waals surface area contributed by atoms with Gasteiger partial charge >= 0.3 is 0 Å². The topological polar surface area (TPSA) is 104 Å². The molecular formula is C19H19N3O4S. The van der Waals surface area contributed by atoms with Crippen LogP contribution in [0.15, 0.2) is 47.4 Å². The Balaban J connectivity index is 2.15. The third kappa shape index (κ3) is 4.94. The van der Waals surface area contributed by atoms with Crippen molar-refractivity contribution in [2.75, 3.05) is 18.9 Å². The molecule has 140 valence electrons. The smallest absolute Gasteiger partial charge is 0.255 e. The summed E-state index contributed by atoms with van der Waals surface area (Å²) in [4.78, 5) is 24.0. The van der Waals surface area contributed by atoms with Crippen LogP contribution in [0.1, 0.15) is 26.3 Å². The van der Waals surface area contributed by atoms with E-state index in [1.807, 2.05) is 0 Å². The average Bonchev–Trinajstić information content (AvgIpc) is 2.67. The molecule has 2 aromatic rings. The van der Waals surface area contributed by atoms with E-state index in [4.69, 9.17) is 6.42 Å². The fraction of sp³-hybridized carbons (Fsp3) is 0.158. The fourth-order valence-corrected chi connectivity index (χ4v) is 3.22. The number of carbonyl (C=O) groups is 2. The molecule has 7 nitrogen and oxygen atoms in total. The molecule has 0 saturated heterocycles. The lowest BCUT2D eigenvalue weighted by Crippen LogP contribution is -2.24. The lowest BCUT2D eigenvalue weighted by Gasteiger charge is -2.10. The van der Waals surface area contributed by atoms with E-state index in [1.54, 1.807) is 32.2 Å². The summed E-state index contributed by atoms with van der Waals surface area (Å²) in [6.45, 7) is 1.66. The first-order valence-electron chi connectivity index (χ1n) is 7.96. The number of hydrogen-bond acceptors (Lipinski definition) is 4. The average molecular weight is 385 g/mol. The number of carbonyl (C=O) groups excluding carboxylic acids is 2. The minimum Gasteiger partial charge on any atom is -0.355 e. The number of anilines is 1. The highest BCUT2D eigenvalue weighted by molar-refractivity contribution is 7.89.